The molecule has 3 aliphatic rings. The number of fused-ring (bicyclic) bond motifs is 5. The van der Waals surface area contributed by atoms with Crippen molar-refractivity contribution in [3.63, 3.8) is 0 Å². The largest absolute Gasteiger partial charge is 0.446 e. The number of carbonyl (C=O) groups excluding carboxylic acids is 2. The highest BCUT2D eigenvalue weighted by Gasteiger charge is 2.59. The van der Waals surface area contributed by atoms with Crippen LogP contribution in [-0.2, 0) is 20.7 Å². The van der Waals surface area contributed by atoms with Crippen LogP contribution < -0.4 is 10.2 Å². The summed E-state index contributed by atoms with van der Waals surface area (Å²) < 4.78 is 11.2. The average molecular weight is 519 g/mol. The molecule has 0 spiro atoms. The molecule has 1 aromatic rings. The van der Waals surface area contributed by atoms with Gasteiger partial charge in [-0.3, -0.25) is 10.1 Å². The summed E-state index contributed by atoms with van der Waals surface area (Å²) in [6.45, 7) is 7.48. The first-order chi connectivity index (χ1) is 16.8. The van der Waals surface area contributed by atoms with Gasteiger partial charge in [0.05, 0.1) is 29.3 Å². The fourth-order valence-electron chi connectivity index (χ4n) is 5.05. The highest BCUT2D eigenvalue weighted by molar-refractivity contribution is 6.34. The maximum absolute atomic E-state index is 13.1. The summed E-state index contributed by atoms with van der Waals surface area (Å²) in [4.78, 5) is 26.8. The van der Waals surface area contributed by atoms with Crippen molar-refractivity contribution < 1.29 is 29.3 Å². The van der Waals surface area contributed by atoms with Crippen LogP contribution in [-0.4, -0.2) is 58.9 Å². The van der Waals surface area contributed by atoms with E-state index in [4.69, 9.17) is 21.1 Å². The zero-order valence-electron chi connectivity index (χ0n) is 21.4. The number of epoxide rings is 1. The van der Waals surface area contributed by atoms with Gasteiger partial charge in [-0.25, -0.2) is 4.79 Å². The van der Waals surface area contributed by atoms with Crippen LogP contribution in [0.3, 0.4) is 0 Å². The number of allylic oxidation sites excluding steroid dienone is 3. The van der Waals surface area contributed by atoms with Gasteiger partial charge in [0.25, 0.3) is 0 Å². The molecule has 8 nitrogen and oxygen atoms in total. The predicted octanol–water partition coefficient (Wildman–Crippen LogP) is 3.79. The molecule has 0 saturated carbocycles. The molecule has 36 heavy (non-hydrogen) atoms. The molecule has 3 N–H and O–H groups in total. The number of amides is 2. The van der Waals surface area contributed by atoms with E-state index in [1.54, 1.807) is 14.0 Å². The quantitative estimate of drug-likeness (QED) is 0.450. The predicted molar refractivity (Wildman–Crippen MR) is 137 cm³/mol. The Morgan fingerprint density at radius 3 is 2.69 bits per heavy atom. The number of aliphatic hydroxyl groups is 2. The van der Waals surface area contributed by atoms with E-state index in [1.165, 1.54) is 4.90 Å². The third-order valence-electron chi connectivity index (χ3n) is 7.66. The number of ether oxygens (including phenoxy) is 2. The Hall–Kier alpha value is -2.39. The number of benzene rings is 1. The molecule has 9 heteroatoms. The van der Waals surface area contributed by atoms with E-state index in [2.05, 4.69) is 5.32 Å². The van der Waals surface area contributed by atoms with E-state index in [-0.39, 0.29) is 24.7 Å². The maximum Gasteiger partial charge on any atom is 0.409 e. The molecule has 4 bridgehead atoms. The third kappa shape index (κ3) is 5.32. The number of halogens is 1. The maximum atomic E-state index is 13.1. The fraction of sp³-hybridized carbons (Fsp3) is 0.556. The zero-order valence-corrected chi connectivity index (χ0v) is 22.1. The minimum absolute atomic E-state index is 0.154. The first-order valence-corrected chi connectivity index (χ1v) is 12.7. The molecule has 3 aliphatic heterocycles. The summed E-state index contributed by atoms with van der Waals surface area (Å²) in [6, 6.07) is 3.89. The van der Waals surface area contributed by atoms with Crippen LogP contribution in [0.15, 0.2) is 35.9 Å². The summed E-state index contributed by atoms with van der Waals surface area (Å²) in [6.07, 6.45) is 3.87. The molecule has 4 unspecified atom stereocenters. The van der Waals surface area contributed by atoms with E-state index >= 15 is 0 Å². The SMILES string of the molecule is C/C1=C\C=C\C(C)[C@@]2(O)C[C@@H](CC3OC3(C)C(O)CC(=O)N(C)c3cc(cc(C)c3Cl)C1)OC(=O)N2. The lowest BCUT2D eigenvalue weighted by atomic mass is 9.87. The number of hydrogen-bond acceptors (Lipinski definition) is 6. The lowest BCUT2D eigenvalue weighted by molar-refractivity contribution is -0.121. The number of alkyl carbamates (subject to hydrolysis) is 1. The summed E-state index contributed by atoms with van der Waals surface area (Å²) in [5.74, 6) is -0.673. The molecule has 2 fully saturated rings. The van der Waals surface area contributed by atoms with Gasteiger partial charge in [-0.2, -0.15) is 0 Å². The van der Waals surface area contributed by atoms with Crippen molar-refractivity contribution in [3.05, 3.63) is 52.1 Å². The number of nitrogens with one attached hydrogen (secondary N) is 1. The second kappa shape index (κ2) is 9.82. The van der Waals surface area contributed by atoms with Gasteiger partial charge in [0.2, 0.25) is 5.91 Å². The minimum Gasteiger partial charge on any atom is -0.446 e. The van der Waals surface area contributed by atoms with E-state index in [0.717, 1.165) is 16.7 Å². The van der Waals surface area contributed by atoms with Gasteiger partial charge in [-0.1, -0.05) is 48.4 Å². The first-order valence-electron chi connectivity index (χ1n) is 12.3. The van der Waals surface area contributed by atoms with Gasteiger partial charge < -0.3 is 24.6 Å². The van der Waals surface area contributed by atoms with Gasteiger partial charge in [-0.05, 0) is 44.4 Å². The van der Waals surface area contributed by atoms with Crippen LogP contribution in [0.4, 0.5) is 10.5 Å². The molecule has 0 aliphatic carbocycles. The lowest BCUT2D eigenvalue weighted by Crippen LogP contribution is -2.59. The van der Waals surface area contributed by atoms with Gasteiger partial charge >= 0.3 is 6.09 Å². The Labute approximate surface area is 216 Å². The van der Waals surface area contributed by atoms with Gasteiger partial charge in [0.15, 0.2) is 0 Å². The summed E-state index contributed by atoms with van der Waals surface area (Å²) in [5, 5.41) is 25.2. The van der Waals surface area contributed by atoms with E-state index in [9.17, 15) is 19.8 Å². The summed E-state index contributed by atoms with van der Waals surface area (Å²) in [5.41, 5.74) is 1.08. The van der Waals surface area contributed by atoms with Gasteiger partial charge in [0, 0.05) is 25.8 Å². The molecule has 1 aromatic carbocycles. The van der Waals surface area contributed by atoms with Crippen molar-refractivity contribution in [1.29, 1.82) is 0 Å². The number of carbonyl (C=O) groups is 2. The second-order valence-electron chi connectivity index (χ2n) is 10.6. The van der Waals surface area contributed by atoms with Crippen LogP contribution in [0.1, 0.15) is 51.2 Å². The van der Waals surface area contributed by atoms with E-state index in [0.29, 0.717) is 23.6 Å². The number of rotatable bonds is 0. The Morgan fingerprint density at radius 1 is 1.25 bits per heavy atom. The van der Waals surface area contributed by atoms with Crippen molar-refractivity contribution in [2.75, 3.05) is 11.9 Å². The van der Waals surface area contributed by atoms with Crippen molar-refractivity contribution in [3.8, 4) is 0 Å². The van der Waals surface area contributed by atoms with Crippen molar-refractivity contribution in [1.82, 2.24) is 5.32 Å². The third-order valence-corrected chi connectivity index (χ3v) is 8.16. The Morgan fingerprint density at radius 2 is 1.97 bits per heavy atom. The second-order valence-corrected chi connectivity index (χ2v) is 11.0. The Balaban J connectivity index is 1.68. The molecular formula is C27H35ClN2O6. The summed E-state index contributed by atoms with van der Waals surface area (Å²) >= 11 is 6.57. The number of nitrogens with zero attached hydrogens (tertiary/aromatic N) is 1. The Kier molecular flexibility index (Phi) is 7.27. The topological polar surface area (TPSA) is 112 Å². The van der Waals surface area contributed by atoms with E-state index in [1.807, 2.05) is 51.1 Å². The standard InChI is InChI=1S/C27H35ClN2O6/c1-15-7-6-8-17(3)27(34)14-19(35-25(33)29-27)12-22-26(4,36-22)21(31)13-23(32)30(5)20-11-18(9-15)10-16(2)24(20)28/h6-8,10-11,17,19,21-22,31,34H,9,12-14H2,1-5H3,(H,29,33)/b8-6+,15-7+/t17?,19-,21?,22?,26?,27+/m1/s1. The molecule has 4 rings (SSSR count). The molecular weight excluding hydrogens is 484 g/mol. The molecule has 2 amide bonds. The smallest absolute Gasteiger partial charge is 0.409 e. The number of hydrogen-bond donors (Lipinski definition) is 3. The molecule has 0 aromatic heterocycles. The van der Waals surface area contributed by atoms with Crippen molar-refractivity contribution >= 4 is 29.3 Å². The fourth-order valence-corrected chi connectivity index (χ4v) is 5.29. The minimum atomic E-state index is -1.48. The molecule has 3 heterocycles. The van der Waals surface area contributed by atoms with Crippen molar-refractivity contribution in [2.24, 2.45) is 5.92 Å². The van der Waals surface area contributed by atoms with Crippen LogP contribution in [0.2, 0.25) is 5.02 Å². The first kappa shape index (κ1) is 26.7. The molecule has 2 saturated heterocycles. The van der Waals surface area contributed by atoms with Crippen LogP contribution in [0.5, 0.6) is 0 Å². The van der Waals surface area contributed by atoms with Crippen LogP contribution >= 0.6 is 11.6 Å². The molecule has 196 valence electrons. The highest BCUT2D eigenvalue weighted by atomic mass is 35.5. The number of aliphatic hydroxyl groups excluding tert-OH is 1. The monoisotopic (exact) mass is 518 g/mol. The number of aryl methyl sites for hydroxylation is 1. The number of anilines is 1. The van der Waals surface area contributed by atoms with Crippen LogP contribution in [0.25, 0.3) is 0 Å². The molecule has 6 atom stereocenters. The lowest BCUT2D eigenvalue weighted by Gasteiger charge is -2.40. The van der Waals surface area contributed by atoms with Crippen LogP contribution in [0, 0.1) is 12.8 Å². The van der Waals surface area contributed by atoms with E-state index < -0.39 is 35.7 Å². The summed E-state index contributed by atoms with van der Waals surface area (Å²) in [7, 11) is 1.65. The normalized spacial score (nSPS) is 37.8. The highest BCUT2D eigenvalue weighted by Crippen LogP contribution is 2.45. The molecule has 0 radical (unpaired) electrons. The van der Waals surface area contributed by atoms with Gasteiger partial charge in [-0.15, -0.1) is 0 Å². The Bertz CT molecular complexity index is 1120. The van der Waals surface area contributed by atoms with Crippen molar-refractivity contribution in [2.45, 2.75) is 83.0 Å². The van der Waals surface area contributed by atoms with Gasteiger partial charge in [0.1, 0.15) is 17.4 Å². The average Bonchev–Trinajstić information content (AvgIpc) is 3.44. The zero-order chi connectivity index (χ0) is 26.4.